The van der Waals surface area contributed by atoms with Crippen LogP contribution in [0.4, 0.5) is 17.5 Å². The van der Waals surface area contributed by atoms with E-state index in [0.717, 1.165) is 28.8 Å². The molecule has 1 unspecified atom stereocenters. The van der Waals surface area contributed by atoms with Crippen LogP contribution in [0.2, 0.25) is 0 Å². The third-order valence-electron chi connectivity index (χ3n) is 4.25. The lowest BCUT2D eigenvalue weighted by molar-refractivity contribution is -0.0198. The number of aliphatic imine (C=N–C) groups is 1. The zero-order chi connectivity index (χ0) is 18.1. The summed E-state index contributed by atoms with van der Waals surface area (Å²) in [6.07, 6.45) is 4.28. The molecule has 26 heavy (non-hydrogen) atoms. The maximum absolute atomic E-state index is 5.61. The first-order valence-corrected chi connectivity index (χ1v) is 8.50. The second-order valence-electron chi connectivity index (χ2n) is 7.37. The zero-order valence-corrected chi connectivity index (χ0v) is 14.9. The number of H-pyrrole nitrogens is 1. The minimum absolute atomic E-state index is 0.0500. The lowest BCUT2D eigenvalue weighted by Crippen LogP contribution is -2.26. The van der Waals surface area contributed by atoms with Crippen LogP contribution < -0.4 is 10.8 Å². The Labute approximate surface area is 151 Å². The van der Waals surface area contributed by atoms with Crippen molar-refractivity contribution in [2.45, 2.75) is 33.3 Å². The van der Waals surface area contributed by atoms with Gasteiger partial charge >= 0.3 is 0 Å². The monoisotopic (exact) mass is 351 g/mol. The molecule has 1 aliphatic rings. The lowest BCUT2D eigenvalue weighted by Gasteiger charge is -2.23. The zero-order valence-electron chi connectivity index (χ0n) is 14.9. The molecule has 0 radical (unpaired) electrons. The van der Waals surface area contributed by atoms with Crippen LogP contribution in [0.3, 0.4) is 0 Å². The van der Waals surface area contributed by atoms with Crippen molar-refractivity contribution in [3.8, 4) is 0 Å². The molecule has 1 atom stereocenters. The Hall–Kier alpha value is -3.00. The third kappa shape index (κ3) is 3.50. The Morgan fingerprint density at radius 2 is 2.15 bits per heavy atom. The number of aromatic amines is 1. The van der Waals surface area contributed by atoms with E-state index in [-0.39, 0.29) is 11.5 Å². The van der Waals surface area contributed by atoms with Crippen molar-refractivity contribution in [1.82, 2.24) is 25.6 Å². The summed E-state index contributed by atoms with van der Waals surface area (Å²) in [5, 5.41) is 11.2. The number of anilines is 2. The van der Waals surface area contributed by atoms with Crippen LogP contribution in [-0.2, 0) is 4.84 Å². The van der Waals surface area contributed by atoms with E-state index in [2.05, 4.69) is 56.7 Å². The van der Waals surface area contributed by atoms with Crippen LogP contribution in [0.5, 0.6) is 0 Å². The number of amidine groups is 1. The fourth-order valence-electron chi connectivity index (χ4n) is 2.71. The molecule has 8 nitrogen and oxygen atoms in total. The summed E-state index contributed by atoms with van der Waals surface area (Å²) in [5.41, 5.74) is 4.83. The van der Waals surface area contributed by atoms with Gasteiger partial charge in [0.05, 0.1) is 17.8 Å². The molecular weight excluding hydrogens is 330 g/mol. The predicted octanol–water partition coefficient (Wildman–Crippen LogP) is 3.47. The second kappa shape index (κ2) is 6.38. The van der Waals surface area contributed by atoms with Crippen LogP contribution in [0.1, 0.15) is 27.2 Å². The van der Waals surface area contributed by atoms with Crippen LogP contribution >= 0.6 is 0 Å². The number of nitrogens with one attached hydrogen (secondary N) is 3. The highest BCUT2D eigenvalue weighted by Crippen LogP contribution is 2.28. The molecule has 0 amide bonds. The van der Waals surface area contributed by atoms with E-state index in [4.69, 9.17) is 4.84 Å². The Morgan fingerprint density at radius 3 is 2.96 bits per heavy atom. The molecule has 1 fully saturated rings. The van der Waals surface area contributed by atoms with Gasteiger partial charge in [0.2, 0.25) is 5.95 Å². The van der Waals surface area contributed by atoms with E-state index >= 15 is 0 Å². The summed E-state index contributed by atoms with van der Waals surface area (Å²) in [5.74, 6) is 1.84. The molecular formula is C18H21N7O. The van der Waals surface area contributed by atoms with Crippen LogP contribution in [0.15, 0.2) is 41.7 Å². The highest BCUT2D eigenvalue weighted by molar-refractivity contribution is 5.85. The molecule has 1 saturated heterocycles. The van der Waals surface area contributed by atoms with Crippen molar-refractivity contribution in [2.75, 3.05) is 5.32 Å². The van der Waals surface area contributed by atoms with Gasteiger partial charge in [-0.1, -0.05) is 20.8 Å². The van der Waals surface area contributed by atoms with Crippen LogP contribution in [0, 0.1) is 5.41 Å². The summed E-state index contributed by atoms with van der Waals surface area (Å²) in [7, 11) is 0. The normalized spacial score (nSPS) is 19.0. The first kappa shape index (κ1) is 16.5. The van der Waals surface area contributed by atoms with Gasteiger partial charge < -0.3 is 5.32 Å². The molecule has 1 aliphatic heterocycles. The first-order valence-electron chi connectivity index (χ1n) is 8.50. The quantitative estimate of drug-likeness (QED) is 0.668. The summed E-state index contributed by atoms with van der Waals surface area (Å²) >= 11 is 0. The average molecular weight is 351 g/mol. The number of fused-ring (bicyclic) bond motifs is 1. The molecule has 8 heteroatoms. The fourth-order valence-corrected chi connectivity index (χ4v) is 2.71. The minimum atomic E-state index is 0.0500. The number of benzene rings is 1. The standard InChI is InChI=1S/C18H21N7O/c1-18(2,3)14-9-16(25-26-14)22-15-6-7-19-17(23-15)21-12-4-5-13-11(8-12)10-20-24-13/h4-8,10,14H,9H2,1-3H3,(H,20,24)(H2,19,21,22,23,25). The summed E-state index contributed by atoms with van der Waals surface area (Å²) in [6, 6.07) is 7.66. The molecule has 3 aromatic rings. The average Bonchev–Trinajstić information content (AvgIpc) is 3.23. The highest BCUT2D eigenvalue weighted by atomic mass is 16.7. The van der Waals surface area contributed by atoms with Crippen LogP contribution in [0.25, 0.3) is 10.9 Å². The smallest absolute Gasteiger partial charge is 0.229 e. The van der Waals surface area contributed by atoms with E-state index < -0.39 is 0 Å². The molecule has 0 aliphatic carbocycles. The number of rotatable bonds is 3. The predicted molar refractivity (Wildman–Crippen MR) is 101 cm³/mol. The van der Waals surface area contributed by atoms with Gasteiger partial charge in [0.15, 0.2) is 5.82 Å². The van der Waals surface area contributed by atoms with Crippen molar-refractivity contribution >= 4 is 34.2 Å². The Balaban J connectivity index is 1.51. The maximum atomic E-state index is 5.61. The van der Waals surface area contributed by atoms with Crippen molar-refractivity contribution < 1.29 is 4.84 Å². The van der Waals surface area contributed by atoms with Gasteiger partial charge in [0.25, 0.3) is 0 Å². The van der Waals surface area contributed by atoms with Crippen molar-refractivity contribution in [1.29, 1.82) is 0 Å². The number of nitrogens with zero attached hydrogens (tertiary/aromatic N) is 4. The number of hydrogen-bond donors (Lipinski definition) is 3. The molecule has 3 N–H and O–H groups in total. The van der Waals surface area contributed by atoms with Gasteiger partial charge in [-0.2, -0.15) is 10.1 Å². The molecule has 2 aromatic heterocycles. The Kier molecular flexibility index (Phi) is 4.04. The van der Waals surface area contributed by atoms with Gasteiger partial charge in [0.1, 0.15) is 5.84 Å². The third-order valence-corrected chi connectivity index (χ3v) is 4.25. The number of hydrogen-bond acceptors (Lipinski definition) is 6. The van der Waals surface area contributed by atoms with Gasteiger partial charge in [0, 0.05) is 29.8 Å². The van der Waals surface area contributed by atoms with E-state index in [1.165, 1.54) is 0 Å². The highest BCUT2D eigenvalue weighted by Gasteiger charge is 2.32. The van der Waals surface area contributed by atoms with E-state index in [1.807, 2.05) is 18.2 Å². The van der Waals surface area contributed by atoms with Gasteiger partial charge in [-0.15, -0.1) is 0 Å². The van der Waals surface area contributed by atoms with E-state index in [0.29, 0.717) is 11.8 Å². The van der Waals surface area contributed by atoms with E-state index in [1.54, 1.807) is 18.5 Å². The number of hydroxylamine groups is 1. The minimum Gasteiger partial charge on any atom is -0.324 e. The van der Waals surface area contributed by atoms with Crippen molar-refractivity contribution in [2.24, 2.45) is 10.4 Å². The first-order chi connectivity index (χ1) is 12.5. The van der Waals surface area contributed by atoms with Gasteiger partial charge in [-0.25, -0.2) is 9.98 Å². The molecule has 0 saturated carbocycles. The Morgan fingerprint density at radius 1 is 1.27 bits per heavy atom. The van der Waals surface area contributed by atoms with Crippen molar-refractivity contribution in [3.05, 3.63) is 36.7 Å². The van der Waals surface area contributed by atoms with E-state index in [9.17, 15) is 0 Å². The maximum Gasteiger partial charge on any atom is 0.229 e. The number of aromatic nitrogens is 4. The molecule has 3 heterocycles. The summed E-state index contributed by atoms with van der Waals surface area (Å²) < 4.78 is 0. The van der Waals surface area contributed by atoms with Crippen LogP contribution in [-0.4, -0.2) is 32.1 Å². The topological polar surface area (TPSA) is 100 Å². The lowest BCUT2D eigenvalue weighted by atomic mass is 9.87. The van der Waals surface area contributed by atoms with Gasteiger partial charge in [-0.05, 0) is 23.6 Å². The molecule has 0 bridgehead atoms. The largest absolute Gasteiger partial charge is 0.324 e. The summed E-state index contributed by atoms with van der Waals surface area (Å²) in [6.45, 7) is 6.43. The fraction of sp³-hybridized carbons (Fsp3) is 0.333. The van der Waals surface area contributed by atoms with Crippen molar-refractivity contribution in [3.63, 3.8) is 0 Å². The second-order valence-corrected chi connectivity index (χ2v) is 7.37. The van der Waals surface area contributed by atoms with Gasteiger partial charge in [-0.3, -0.25) is 15.4 Å². The molecule has 1 aromatic carbocycles. The molecule has 0 spiro atoms. The summed E-state index contributed by atoms with van der Waals surface area (Å²) in [4.78, 5) is 18.9. The SMILES string of the molecule is CC(C)(C)C1CC(=Nc2ccnc(Nc3ccc4[nH]ncc4c3)n2)NO1. The molecule has 134 valence electrons. The molecule has 4 rings (SSSR count). The Bertz CT molecular complexity index is 957.